The van der Waals surface area contributed by atoms with Crippen molar-refractivity contribution < 1.29 is 14.0 Å². The highest BCUT2D eigenvalue weighted by Crippen LogP contribution is 2.39. The van der Waals surface area contributed by atoms with E-state index in [0.29, 0.717) is 16.5 Å². The molecule has 1 aliphatic heterocycles. The summed E-state index contributed by atoms with van der Waals surface area (Å²) in [4.78, 5) is 30.8. The van der Waals surface area contributed by atoms with Crippen molar-refractivity contribution in [3.05, 3.63) is 82.3 Å². The molecule has 1 amide bonds. The van der Waals surface area contributed by atoms with Gasteiger partial charge in [-0.15, -0.1) is 0 Å². The second-order valence-electron chi connectivity index (χ2n) is 8.50. The van der Waals surface area contributed by atoms with Crippen LogP contribution in [0.3, 0.4) is 0 Å². The predicted octanol–water partition coefficient (Wildman–Crippen LogP) is 5.64. The maximum atomic E-state index is 14.2. The third kappa shape index (κ3) is 4.16. The van der Waals surface area contributed by atoms with E-state index in [2.05, 4.69) is 31.1 Å². The van der Waals surface area contributed by atoms with E-state index in [0.717, 1.165) is 11.6 Å². The number of Topliss-reactive ketones (excluding diaryl/α,β-unsaturated/α-hetero) is 1. The number of carbonyl (C=O) groups excluding carboxylic acids is 2. The number of anilines is 3. The van der Waals surface area contributed by atoms with Gasteiger partial charge in [0.15, 0.2) is 0 Å². The average Bonchev–Trinajstić information content (AvgIpc) is 2.94. The van der Waals surface area contributed by atoms with E-state index in [1.54, 1.807) is 12.1 Å². The van der Waals surface area contributed by atoms with Crippen LogP contribution in [0.4, 0.5) is 21.6 Å². The smallest absolute Gasteiger partial charge is 0.299 e. The number of pyridine rings is 1. The van der Waals surface area contributed by atoms with Gasteiger partial charge in [-0.1, -0.05) is 56.6 Å². The summed E-state index contributed by atoms with van der Waals surface area (Å²) in [5, 5.41) is 3.46. The van der Waals surface area contributed by atoms with E-state index in [1.165, 1.54) is 22.7 Å². The van der Waals surface area contributed by atoms with Crippen LogP contribution in [0.25, 0.3) is 0 Å². The minimum absolute atomic E-state index is 0.00472. The lowest BCUT2D eigenvalue weighted by Gasteiger charge is -2.22. The monoisotopic (exact) mass is 437 g/mol. The van der Waals surface area contributed by atoms with Gasteiger partial charge in [0.05, 0.1) is 28.5 Å². The van der Waals surface area contributed by atoms with Crippen LogP contribution in [0.1, 0.15) is 42.3 Å². The summed E-state index contributed by atoms with van der Waals surface area (Å²) < 4.78 is 14.2. The van der Waals surface area contributed by atoms with Crippen LogP contribution in [-0.2, 0) is 16.8 Å². The quantitative estimate of drug-likeness (QED) is 0.536. The minimum Gasteiger partial charge on any atom is -0.338 e. The van der Waals surface area contributed by atoms with Gasteiger partial charge in [-0.2, -0.15) is 0 Å². The lowest BCUT2D eigenvalue weighted by Crippen LogP contribution is -2.29. The van der Waals surface area contributed by atoms with E-state index in [4.69, 9.17) is 11.6 Å². The molecule has 4 rings (SSSR count). The van der Waals surface area contributed by atoms with E-state index in [1.807, 2.05) is 24.3 Å². The summed E-state index contributed by atoms with van der Waals surface area (Å²) in [7, 11) is 0. The zero-order valence-electron chi connectivity index (χ0n) is 17.4. The zero-order chi connectivity index (χ0) is 22.3. The number of halogens is 2. The molecule has 5 nitrogen and oxygen atoms in total. The first-order valence-electron chi connectivity index (χ1n) is 9.81. The molecule has 1 aliphatic rings. The number of rotatable bonds is 4. The number of hydrogen-bond donors (Lipinski definition) is 1. The first-order chi connectivity index (χ1) is 14.6. The fourth-order valence-corrected chi connectivity index (χ4v) is 3.64. The molecule has 0 spiro atoms. The number of nitrogens with zero attached hydrogens (tertiary/aromatic N) is 2. The topological polar surface area (TPSA) is 62.3 Å². The van der Waals surface area contributed by atoms with Crippen molar-refractivity contribution in [1.29, 1.82) is 0 Å². The van der Waals surface area contributed by atoms with Gasteiger partial charge < -0.3 is 5.32 Å². The van der Waals surface area contributed by atoms with Gasteiger partial charge in [0.25, 0.3) is 11.7 Å². The van der Waals surface area contributed by atoms with Crippen LogP contribution in [-0.4, -0.2) is 16.7 Å². The highest BCUT2D eigenvalue weighted by molar-refractivity contribution is 6.52. The number of fused-ring (bicyclic) bond motifs is 1. The molecule has 158 valence electrons. The van der Waals surface area contributed by atoms with Gasteiger partial charge in [-0.05, 0) is 40.8 Å². The molecule has 1 aromatic heterocycles. The molecule has 0 saturated heterocycles. The van der Waals surface area contributed by atoms with E-state index >= 15 is 0 Å². The first-order valence-corrected chi connectivity index (χ1v) is 10.2. The van der Waals surface area contributed by atoms with Crippen LogP contribution in [0.15, 0.2) is 54.7 Å². The van der Waals surface area contributed by atoms with E-state index in [9.17, 15) is 14.0 Å². The van der Waals surface area contributed by atoms with Gasteiger partial charge in [0.2, 0.25) is 0 Å². The normalized spacial score (nSPS) is 13.5. The summed E-state index contributed by atoms with van der Waals surface area (Å²) in [6.07, 6.45) is 1.45. The maximum Gasteiger partial charge on any atom is 0.299 e. The van der Waals surface area contributed by atoms with Crippen LogP contribution in [0, 0.1) is 5.82 Å². The molecule has 3 aromatic rings. The SMILES string of the molecule is CC(C)(C)c1ccc(CN2C(=O)C(=O)c3cc(F)cc(Nc4ccc(Cl)cn4)c32)cc1. The second-order valence-corrected chi connectivity index (χ2v) is 8.94. The number of hydrogen-bond acceptors (Lipinski definition) is 4. The van der Waals surface area contributed by atoms with Crippen molar-refractivity contribution in [2.24, 2.45) is 0 Å². The Labute approximate surface area is 184 Å². The summed E-state index contributed by atoms with van der Waals surface area (Å²) in [6, 6.07) is 13.5. The standard InChI is InChI=1S/C24H21ClFN3O2/c1-24(2,3)15-6-4-14(5-7-15)13-29-21-18(22(30)23(29)31)10-17(26)11-19(21)28-20-9-8-16(25)12-27-20/h4-12H,13H2,1-3H3,(H,27,28). The van der Waals surface area contributed by atoms with Crippen LogP contribution in [0.2, 0.25) is 5.02 Å². The minimum atomic E-state index is -0.729. The number of aromatic nitrogens is 1. The number of carbonyl (C=O) groups is 2. The Balaban J connectivity index is 1.71. The molecule has 0 radical (unpaired) electrons. The molecular formula is C24H21ClFN3O2. The van der Waals surface area contributed by atoms with Crippen molar-refractivity contribution in [3.8, 4) is 0 Å². The Bertz CT molecular complexity index is 1170. The van der Waals surface area contributed by atoms with Crippen molar-refractivity contribution in [2.45, 2.75) is 32.7 Å². The number of amides is 1. The van der Waals surface area contributed by atoms with Crippen LogP contribution < -0.4 is 10.2 Å². The first kappa shape index (κ1) is 21.0. The summed E-state index contributed by atoms with van der Waals surface area (Å²) in [5.41, 5.74) is 2.70. The van der Waals surface area contributed by atoms with Crippen LogP contribution >= 0.6 is 11.6 Å². The van der Waals surface area contributed by atoms with Crippen molar-refractivity contribution in [1.82, 2.24) is 4.98 Å². The molecule has 0 saturated carbocycles. The van der Waals surface area contributed by atoms with Gasteiger partial charge in [0.1, 0.15) is 11.6 Å². The van der Waals surface area contributed by atoms with E-state index in [-0.39, 0.29) is 23.2 Å². The Kier molecular flexibility index (Phi) is 5.27. The third-order valence-corrected chi connectivity index (χ3v) is 5.40. The van der Waals surface area contributed by atoms with Gasteiger partial charge in [-0.25, -0.2) is 9.37 Å². The molecule has 0 aliphatic carbocycles. The second kappa shape index (κ2) is 7.78. The predicted molar refractivity (Wildman–Crippen MR) is 120 cm³/mol. The molecule has 31 heavy (non-hydrogen) atoms. The summed E-state index contributed by atoms with van der Waals surface area (Å²) in [6.45, 7) is 6.56. The van der Waals surface area contributed by atoms with Gasteiger partial charge in [0, 0.05) is 6.20 Å². The maximum absolute atomic E-state index is 14.2. The lowest BCUT2D eigenvalue weighted by atomic mass is 9.87. The van der Waals surface area contributed by atoms with Gasteiger partial charge in [-0.3, -0.25) is 14.5 Å². The Morgan fingerprint density at radius 2 is 1.77 bits per heavy atom. The zero-order valence-corrected chi connectivity index (χ0v) is 18.1. The largest absolute Gasteiger partial charge is 0.338 e. The fourth-order valence-electron chi connectivity index (χ4n) is 3.53. The molecule has 0 fully saturated rings. The number of nitrogens with one attached hydrogen (secondary N) is 1. The summed E-state index contributed by atoms with van der Waals surface area (Å²) in [5.74, 6) is -1.62. The Hall–Kier alpha value is -3.25. The number of ketones is 1. The molecule has 0 bridgehead atoms. The average molecular weight is 438 g/mol. The van der Waals surface area contributed by atoms with E-state index < -0.39 is 17.5 Å². The summed E-state index contributed by atoms with van der Waals surface area (Å²) >= 11 is 5.88. The van der Waals surface area contributed by atoms with Crippen molar-refractivity contribution in [2.75, 3.05) is 10.2 Å². The Morgan fingerprint density at radius 1 is 1.06 bits per heavy atom. The molecule has 1 N–H and O–H groups in total. The highest BCUT2D eigenvalue weighted by Gasteiger charge is 2.38. The van der Waals surface area contributed by atoms with Crippen molar-refractivity contribution in [3.63, 3.8) is 0 Å². The van der Waals surface area contributed by atoms with Crippen molar-refractivity contribution >= 4 is 40.5 Å². The molecule has 2 aromatic carbocycles. The molecule has 7 heteroatoms. The lowest BCUT2D eigenvalue weighted by molar-refractivity contribution is -0.114. The number of benzene rings is 2. The fraction of sp³-hybridized carbons (Fsp3) is 0.208. The molecule has 0 unspecified atom stereocenters. The molecular weight excluding hydrogens is 417 g/mol. The van der Waals surface area contributed by atoms with Gasteiger partial charge >= 0.3 is 0 Å². The Morgan fingerprint density at radius 3 is 2.39 bits per heavy atom. The highest BCUT2D eigenvalue weighted by atomic mass is 35.5. The van der Waals surface area contributed by atoms with Crippen LogP contribution in [0.5, 0.6) is 0 Å². The third-order valence-electron chi connectivity index (χ3n) is 5.18. The molecule has 0 atom stereocenters. The molecule has 2 heterocycles.